The molecule has 0 nitrogen and oxygen atoms in total. The van der Waals surface area contributed by atoms with E-state index in [0.29, 0.717) is 5.41 Å². The second-order valence-corrected chi connectivity index (χ2v) is 6.79. The first kappa shape index (κ1) is 18.5. The van der Waals surface area contributed by atoms with Crippen LogP contribution in [-0.4, -0.2) is 0 Å². The first-order valence-electron chi connectivity index (χ1n) is 8.24. The SMILES string of the molecule is C=C(CC)CCCCC(C)(C)CCCCC(=C)CC. The molecule has 0 bridgehead atoms. The maximum Gasteiger partial charge on any atom is -0.0323 e. The Morgan fingerprint density at radius 2 is 1.11 bits per heavy atom. The molecule has 0 aromatic carbocycles. The van der Waals surface area contributed by atoms with E-state index in [1.165, 1.54) is 62.5 Å². The van der Waals surface area contributed by atoms with E-state index in [1.54, 1.807) is 0 Å². The number of rotatable bonds is 12. The van der Waals surface area contributed by atoms with Gasteiger partial charge < -0.3 is 0 Å². The summed E-state index contributed by atoms with van der Waals surface area (Å²) in [6.07, 6.45) is 12.8. The molecule has 0 aromatic heterocycles. The molecule has 0 saturated carbocycles. The van der Waals surface area contributed by atoms with Crippen molar-refractivity contribution in [3.8, 4) is 0 Å². The van der Waals surface area contributed by atoms with Crippen molar-refractivity contribution in [1.82, 2.24) is 0 Å². The van der Waals surface area contributed by atoms with Crippen LogP contribution in [-0.2, 0) is 0 Å². The van der Waals surface area contributed by atoms with Crippen LogP contribution in [0.4, 0.5) is 0 Å². The highest BCUT2D eigenvalue weighted by Crippen LogP contribution is 2.30. The lowest BCUT2D eigenvalue weighted by atomic mass is 9.81. The van der Waals surface area contributed by atoms with E-state index in [1.807, 2.05) is 0 Å². The first-order valence-corrected chi connectivity index (χ1v) is 8.24. The molecular weight excluding hydrogens is 228 g/mol. The number of hydrogen-bond acceptors (Lipinski definition) is 0. The fourth-order valence-electron chi connectivity index (χ4n) is 2.44. The fourth-order valence-corrected chi connectivity index (χ4v) is 2.44. The second kappa shape index (κ2) is 10.3. The molecule has 0 N–H and O–H groups in total. The van der Waals surface area contributed by atoms with Crippen molar-refractivity contribution in [1.29, 1.82) is 0 Å². The lowest BCUT2D eigenvalue weighted by molar-refractivity contribution is 0.285. The normalized spacial score (nSPS) is 11.6. The molecule has 0 aliphatic rings. The summed E-state index contributed by atoms with van der Waals surface area (Å²) in [6, 6.07) is 0. The maximum atomic E-state index is 4.08. The molecular formula is C19H36. The molecule has 0 amide bonds. The lowest BCUT2D eigenvalue weighted by Gasteiger charge is -2.24. The van der Waals surface area contributed by atoms with Gasteiger partial charge in [0.15, 0.2) is 0 Å². The van der Waals surface area contributed by atoms with Crippen molar-refractivity contribution in [2.24, 2.45) is 5.41 Å². The summed E-state index contributed by atoms with van der Waals surface area (Å²) in [6.45, 7) is 17.4. The Labute approximate surface area is 122 Å². The quantitative estimate of drug-likeness (QED) is 0.261. The summed E-state index contributed by atoms with van der Waals surface area (Å²) in [5, 5.41) is 0. The Kier molecular flexibility index (Phi) is 10.0. The van der Waals surface area contributed by atoms with Crippen LogP contribution in [0.2, 0.25) is 0 Å². The van der Waals surface area contributed by atoms with Gasteiger partial charge >= 0.3 is 0 Å². The van der Waals surface area contributed by atoms with Gasteiger partial charge in [0.05, 0.1) is 0 Å². The van der Waals surface area contributed by atoms with E-state index in [-0.39, 0.29) is 0 Å². The van der Waals surface area contributed by atoms with Crippen LogP contribution in [0.15, 0.2) is 24.3 Å². The molecule has 0 rings (SSSR count). The zero-order valence-corrected chi connectivity index (χ0v) is 14.0. The third-order valence-corrected chi connectivity index (χ3v) is 4.27. The van der Waals surface area contributed by atoms with E-state index in [9.17, 15) is 0 Å². The van der Waals surface area contributed by atoms with E-state index < -0.39 is 0 Å². The molecule has 19 heavy (non-hydrogen) atoms. The molecule has 0 atom stereocenters. The topological polar surface area (TPSA) is 0 Å². The predicted octanol–water partition coefficient (Wildman–Crippen LogP) is 7.07. The highest BCUT2D eigenvalue weighted by molar-refractivity contribution is 4.92. The van der Waals surface area contributed by atoms with Gasteiger partial charge in [-0.05, 0) is 56.8 Å². The molecule has 0 spiro atoms. The summed E-state index contributed by atoms with van der Waals surface area (Å²) in [5.74, 6) is 0. The van der Waals surface area contributed by atoms with Gasteiger partial charge in [0, 0.05) is 0 Å². The van der Waals surface area contributed by atoms with Crippen molar-refractivity contribution in [3.63, 3.8) is 0 Å². The van der Waals surface area contributed by atoms with Crippen LogP contribution >= 0.6 is 0 Å². The minimum atomic E-state index is 0.515. The largest absolute Gasteiger partial charge is 0.0999 e. The van der Waals surface area contributed by atoms with Gasteiger partial charge in [-0.2, -0.15) is 0 Å². The summed E-state index contributed by atoms with van der Waals surface area (Å²) in [5.41, 5.74) is 3.34. The zero-order chi connectivity index (χ0) is 14.7. The third kappa shape index (κ3) is 11.0. The van der Waals surface area contributed by atoms with Crippen molar-refractivity contribution in [3.05, 3.63) is 24.3 Å². The third-order valence-electron chi connectivity index (χ3n) is 4.27. The van der Waals surface area contributed by atoms with E-state index >= 15 is 0 Å². The molecule has 0 unspecified atom stereocenters. The number of allylic oxidation sites excluding steroid dienone is 2. The van der Waals surface area contributed by atoms with Crippen molar-refractivity contribution < 1.29 is 0 Å². The zero-order valence-electron chi connectivity index (χ0n) is 14.0. The van der Waals surface area contributed by atoms with Gasteiger partial charge in [0.25, 0.3) is 0 Å². The number of hydrogen-bond donors (Lipinski definition) is 0. The van der Waals surface area contributed by atoms with Crippen LogP contribution in [0.3, 0.4) is 0 Å². The molecule has 0 heterocycles. The number of unbranched alkanes of at least 4 members (excludes halogenated alkanes) is 2. The Hall–Kier alpha value is -0.520. The molecule has 0 aliphatic heterocycles. The molecule has 0 fully saturated rings. The van der Waals surface area contributed by atoms with Crippen molar-refractivity contribution in [2.45, 2.75) is 91.9 Å². The molecule has 0 aromatic rings. The summed E-state index contributed by atoms with van der Waals surface area (Å²) in [4.78, 5) is 0. The van der Waals surface area contributed by atoms with Gasteiger partial charge in [-0.3, -0.25) is 0 Å². The maximum absolute atomic E-state index is 4.08. The first-order chi connectivity index (χ1) is 8.91. The molecule has 0 saturated heterocycles. The van der Waals surface area contributed by atoms with E-state index in [0.717, 1.165) is 12.8 Å². The Bertz CT molecular complexity index is 231. The summed E-state index contributed by atoms with van der Waals surface area (Å²) < 4.78 is 0. The molecule has 112 valence electrons. The van der Waals surface area contributed by atoms with Gasteiger partial charge in [0.1, 0.15) is 0 Å². The van der Waals surface area contributed by atoms with Gasteiger partial charge in [0.2, 0.25) is 0 Å². The van der Waals surface area contributed by atoms with Crippen LogP contribution in [0.25, 0.3) is 0 Å². The lowest BCUT2D eigenvalue weighted by Crippen LogP contribution is -2.11. The van der Waals surface area contributed by atoms with Crippen molar-refractivity contribution in [2.75, 3.05) is 0 Å². The average Bonchev–Trinajstić information content (AvgIpc) is 2.39. The standard InChI is InChI=1S/C19H36/c1-7-17(3)13-9-11-15-19(5,6)16-12-10-14-18(4)8-2/h3-4,7-16H2,1-2,5-6H3. The van der Waals surface area contributed by atoms with E-state index in [4.69, 9.17) is 0 Å². The molecule has 0 aliphatic carbocycles. The van der Waals surface area contributed by atoms with Gasteiger partial charge in [-0.15, -0.1) is 0 Å². The average molecular weight is 264 g/mol. The minimum absolute atomic E-state index is 0.515. The second-order valence-electron chi connectivity index (χ2n) is 6.79. The van der Waals surface area contributed by atoms with Crippen LogP contribution in [0, 0.1) is 5.41 Å². The smallest absolute Gasteiger partial charge is 0.0323 e. The minimum Gasteiger partial charge on any atom is -0.0999 e. The van der Waals surface area contributed by atoms with Gasteiger partial charge in [-0.1, -0.05) is 64.8 Å². The summed E-state index contributed by atoms with van der Waals surface area (Å²) in [7, 11) is 0. The van der Waals surface area contributed by atoms with Crippen molar-refractivity contribution >= 4 is 0 Å². The van der Waals surface area contributed by atoms with Crippen LogP contribution < -0.4 is 0 Å². The highest BCUT2D eigenvalue weighted by Gasteiger charge is 2.16. The van der Waals surface area contributed by atoms with Crippen LogP contribution in [0.1, 0.15) is 91.9 Å². The monoisotopic (exact) mass is 264 g/mol. The van der Waals surface area contributed by atoms with E-state index in [2.05, 4.69) is 40.9 Å². The van der Waals surface area contributed by atoms with Crippen LogP contribution in [0.5, 0.6) is 0 Å². The Morgan fingerprint density at radius 3 is 1.42 bits per heavy atom. The molecule has 0 heteroatoms. The summed E-state index contributed by atoms with van der Waals surface area (Å²) >= 11 is 0. The fraction of sp³-hybridized carbons (Fsp3) is 0.789. The Morgan fingerprint density at radius 1 is 0.737 bits per heavy atom. The highest BCUT2D eigenvalue weighted by atomic mass is 14.2. The Balaban J connectivity index is 3.62. The predicted molar refractivity (Wildman–Crippen MR) is 89.6 cm³/mol. The molecule has 0 radical (unpaired) electrons. The van der Waals surface area contributed by atoms with Gasteiger partial charge in [-0.25, -0.2) is 0 Å².